The van der Waals surface area contributed by atoms with E-state index in [1.54, 1.807) is 23.5 Å². The highest BCUT2D eigenvalue weighted by atomic mass is 32.1. The number of benzene rings is 1. The van der Waals surface area contributed by atoms with E-state index in [1.165, 1.54) is 10.5 Å². The molecule has 132 valence electrons. The van der Waals surface area contributed by atoms with Gasteiger partial charge < -0.3 is 15.0 Å². The van der Waals surface area contributed by atoms with Gasteiger partial charge in [-0.3, -0.25) is 14.5 Å². The molecule has 3 rings (SSSR count). The lowest BCUT2D eigenvalue weighted by molar-refractivity contribution is -0.125. The van der Waals surface area contributed by atoms with E-state index >= 15 is 0 Å². The maximum atomic E-state index is 12.4. The predicted octanol–water partition coefficient (Wildman–Crippen LogP) is 1.89. The van der Waals surface area contributed by atoms with Gasteiger partial charge in [0.15, 0.2) is 6.61 Å². The van der Waals surface area contributed by atoms with E-state index < -0.39 is 0 Å². The first-order valence-electron chi connectivity index (χ1n) is 8.03. The van der Waals surface area contributed by atoms with Crippen LogP contribution in [-0.2, 0) is 9.59 Å². The summed E-state index contributed by atoms with van der Waals surface area (Å²) in [5.41, 5.74) is 1.80. The average molecular weight is 359 g/mol. The largest absolute Gasteiger partial charge is 0.482 e. The van der Waals surface area contributed by atoms with Crippen LogP contribution in [0.15, 0.2) is 41.1 Å². The van der Waals surface area contributed by atoms with E-state index in [9.17, 15) is 9.59 Å². The summed E-state index contributed by atoms with van der Waals surface area (Å²) in [6.07, 6.45) is 0. The van der Waals surface area contributed by atoms with Crippen LogP contribution in [0.5, 0.6) is 5.75 Å². The second kappa shape index (κ2) is 7.67. The molecule has 6 nitrogen and oxygen atoms in total. The Bertz CT molecular complexity index is 746. The van der Waals surface area contributed by atoms with Gasteiger partial charge in [-0.15, -0.1) is 0 Å². The number of amides is 2. The van der Waals surface area contributed by atoms with Crippen molar-refractivity contribution in [2.24, 2.45) is 0 Å². The Balaban J connectivity index is 1.64. The maximum Gasteiger partial charge on any atom is 0.265 e. The molecule has 7 heteroatoms. The van der Waals surface area contributed by atoms with Gasteiger partial charge in [-0.1, -0.05) is 12.1 Å². The second-order valence-electron chi connectivity index (χ2n) is 6.08. The quantitative estimate of drug-likeness (QED) is 0.856. The van der Waals surface area contributed by atoms with Crippen molar-refractivity contribution in [2.75, 3.05) is 38.7 Å². The molecule has 1 atom stereocenters. The van der Waals surface area contributed by atoms with E-state index in [4.69, 9.17) is 4.74 Å². The lowest BCUT2D eigenvalue weighted by atomic mass is 10.1. The Kier molecular flexibility index (Phi) is 5.35. The van der Waals surface area contributed by atoms with Crippen molar-refractivity contribution in [2.45, 2.75) is 6.04 Å². The predicted molar refractivity (Wildman–Crippen MR) is 98.0 cm³/mol. The van der Waals surface area contributed by atoms with Gasteiger partial charge >= 0.3 is 0 Å². The Morgan fingerprint density at radius 1 is 1.36 bits per heavy atom. The number of nitrogens with zero attached hydrogens (tertiary/aromatic N) is 2. The van der Waals surface area contributed by atoms with Gasteiger partial charge in [-0.05, 0) is 48.6 Å². The van der Waals surface area contributed by atoms with Crippen molar-refractivity contribution in [1.29, 1.82) is 0 Å². The van der Waals surface area contributed by atoms with Crippen molar-refractivity contribution in [3.8, 4) is 5.75 Å². The van der Waals surface area contributed by atoms with Crippen molar-refractivity contribution in [3.05, 3.63) is 46.7 Å². The normalized spacial score (nSPS) is 14.8. The number of likely N-dealkylation sites (N-methyl/N-ethyl adjacent to an activating group) is 1. The third-order valence-corrected chi connectivity index (χ3v) is 4.86. The summed E-state index contributed by atoms with van der Waals surface area (Å²) >= 11 is 1.63. The minimum absolute atomic E-state index is 0.0109. The molecule has 2 aromatic rings. The van der Waals surface area contributed by atoms with Crippen LogP contribution in [0.3, 0.4) is 0 Å². The average Bonchev–Trinajstić information content (AvgIpc) is 3.11. The van der Waals surface area contributed by atoms with E-state index in [0.29, 0.717) is 18.0 Å². The number of fused-ring (bicyclic) bond motifs is 1. The smallest absolute Gasteiger partial charge is 0.265 e. The molecular formula is C18H21N3O3S. The molecule has 0 saturated heterocycles. The number of thiophene rings is 1. The van der Waals surface area contributed by atoms with Crippen LogP contribution < -0.4 is 15.0 Å². The van der Waals surface area contributed by atoms with E-state index in [2.05, 4.69) is 21.7 Å². The number of rotatable bonds is 6. The van der Waals surface area contributed by atoms with E-state index in [0.717, 1.165) is 0 Å². The fourth-order valence-corrected chi connectivity index (χ4v) is 3.51. The number of para-hydroxylation sites is 2. The summed E-state index contributed by atoms with van der Waals surface area (Å²) in [5, 5.41) is 7.05. The summed E-state index contributed by atoms with van der Waals surface area (Å²) in [6, 6.07) is 9.41. The van der Waals surface area contributed by atoms with Crippen molar-refractivity contribution >= 4 is 28.8 Å². The molecule has 0 aliphatic carbocycles. The van der Waals surface area contributed by atoms with Crippen LogP contribution in [0.25, 0.3) is 0 Å². The van der Waals surface area contributed by atoms with Gasteiger partial charge in [0, 0.05) is 6.54 Å². The fourth-order valence-electron chi connectivity index (χ4n) is 2.80. The molecule has 1 aromatic heterocycles. The number of carbonyl (C=O) groups excluding carboxylic acids is 2. The minimum Gasteiger partial charge on any atom is -0.482 e. The highest BCUT2D eigenvalue weighted by molar-refractivity contribution is 7.07. The molecule has 25 heavy (non-hydrogen) atoms. The highest BCUT2D eigenvalue weighted by Gasteiger charge is 2.27. The number of hydrogen-bond donors (Lipinski definition) is 1. The van der Waals surface area contributed by atoms with Gasteiger partial charge in [-0.25, -0.2) is 0 Å². The Labute approximate surface area is 151 Å². The molecule has 2 amide bonds. The molecule has 1 aliphatic heterocycles. The van der Waals surface area contributed by atoms with Gasteiger partial charge in [0.1, 0.15) is 12.3 Å². The van der Waals surface area contributed by atoms with Crippen LogP contribution in [0, 0.1) is 0 Å². The molecular weight excluding hydrogens is 338 g/mol. The molecule has 1 aromatic carbocycles. The topological polar surface area (TPSA) is 61.9 Å². The summed E-state index contributed by atoms with van der Waals surface area (Å²) in [4.78, 5) is 28.1. The van der Waals surface area contributed by atoms with Crippen molar-refractivity contribution in [3.63, 3.8) is 0 Å². The Morgan fingerprint density at radius 3 is 2.88 bits per heavy atom. The zero-order chi connectivity index (χ0) is 17.8. The zero-order valence-electron chi connectivity index (χ0n) is 14.3. The van der Waals surface area contributed by atoms with Crippen molar-refractivity contribution in [1.82, 2.24) is 10.2 Å². The first-order chi connectivity index (χ1) is 12.1. The monoisotopic (exact) mass is 359 g/mol. The second-order valence-corrected chi connectivity index (χ2v) is 6.86. The number of ether oxygens (including phenoxy) is 1. The molecule has 0 radical (unpaired) electrons. The maximum absolute atomic E-state index is 12.4. The molecule has 2 heterocycles. The fraction of sp³-hybridized carbons (Fsp3) is 0.333. The minimum atomic E-state index is -0.212. The molecule has 1 unspecified atom stereocenters. The lowest BCUT2D eigenvalue weighted by Gasteiger charge is -2.29. The summed E-state index contributed by atoms with van der Waals surface area (Å²) in [6.45, 7) is 0.436. The molecule has 0 saturated carbocycles. The molecule has 1 N–H and O–H groups in total. The standard InChI is InChI=1S/C18H21N3O3S/c1-20(2)15(13-7-8-25-12-13)9-19-17(22)10-21-14-5-3-4-6-16(14)24-11-18(21)23/h3-8,12,15H,9-11H2,1-2H3,(H,19,22). The number of hydrogen-bond acceptors (Lipinski definition) is 5. The molecule has 0 bridgehead atoms. The first-order valence-corrected chi connectivity index (χ1v) is 8.98. The van der Waals surface area contributed by atoms with Crippen LogP contribution in [-0.4, -0.2) is 50.5 Å². The summed E-state index contributed by atoms with van der Waals surface area (Å²) in [5.74, 6) is 0.224. The van der Waals surface area contributed by atoms with Crippen LogP contribution >= 0.6 is 11.3 Å². The number of carbonyl (C=O) groups is 2. The van der Waals surface area contributed by atoms with E-state index in [1.807, 2.05) is 31.6 Å². The summed E-state index contributed by atoms with van der Waals surface area (Å²) < 4.78 is 5.40. The van der Waals surface area contributed by atoms with E-state index in [-0.39, 0.29) is 31.0 Å². The van der Waals surface area contributed by atoms with Gasteiger partial charge in [0.2, 0.25) is 5.91 Å². The van der Waals surface area contributed by atoms with Crippen molar-refractivity contribution < 1.29 is 14.3 Å². The van der Waals surface area contributed by atoms with Gasteiger partial charge in [-0.2, -0.15) is 11.3 Å². The zero-order valence-corrected chi connectivity index (χ0v) is 15.1. The molecule has 0 spiro atoms. The van der Waals surface area contributed by atoms with Crippen LogP contribution in [0.4, 0.5) is 5.69 Å². The lowest BCUT2D eigenvalue weighted by Crippen LogP contribution is -2.46. The number of anilines is 1. The van der Waals surface area contributed by atoms with Gasteiger partial charge in [0.25, 0.3) is 5.91 Å². The summed E-state index contributed by atoms with van der Waals surface area (Å²) in [7, 11) is 3.96. The third-order valence-electron chi connectivity index (χ3n) is 4.15. The Hall–Kier alpha value is -2.38. The van der Waals surface area contributed by atoms with Crippen LogP contribution in [0.1, 0.15) is 11.6 Å². The Morgan fingerprint density at radius 2 is 2.16 bits per heavy atom. The molecule has 0 fully saturated rings. The van der Waals surface area contributed by atoms with Crippen LogP contribution in [0.2, 0.25) is 0 Å². The highest BCUT2D eigenvalue weighted by Crippen LogP contribution is 2.31. The third kappa shape index (κ3) is 4.00. The molecule has 1 aliphatic rings. The first kappa shape index (κ1) is 17.4. The SMILES string of the molecule is CN(C)C(CNC(=O)CN1C(=O)COc2ccccc21)c1ccsc1. The number of nitrogens with one attached hydrogen (secondary N) is 1. The van der Waals surface area contributed by atoms with Gasteiger partial charge in [0.05, 0.1) is 11.7 Å².